The Morgan fingerprint density at radius 3 is 2.88 bits per heavy atom. The predicted molar refractivity (Wildman–Crippen MR) is 70.7 cm³/mol. The van der Waals surface area contributed by atoms with Crippen molar-refractivity contribution in [2.45, 2.75) is 44.9 Å². The van der Waals surface area contributed by atoms with Gasteiger partial charge in [-0.25, -0.2) is 0 Å². The fourth-order valence-electron chi connectivity index (χ4n) is 3.27. The predicted octanol–water partition coefficient (Wildman–Crippen LogP) is 2.68. The van der Waals surface area contributed by atoms with Crippen LogP contribution in [0.1, 0.15) is 50.6 Å². The van der Waals surface area contributed by atoms with E-state index in [9.17, 15) is 0 Å². The molecule has 1 heterocycles. The third-order valence-corrected chi connectivity index (χ3v) is 4.22. The average molecular weight is 235 g/mol. The first-order chi connectivity index (χ1) is 8.24. The van der Waals surface area contributed by atoms with Crippen molar-refractivity contribution < 1.29 is 0 Å². The molecule has 1 aliphatic carbocycles. The van der Waals surface area contributed by atoms with Crippen LogP contribution in [-0.2, 0) is 7.05 Å². The van der Waals surface area contributed by atoms with Crippen molar-refractivity contribution in [3.8, 4) is 0 Å². The van der Waals surface area contributed by atoms with Crippen LogP contribution in [0, 0.1) is 11.8 Å². The molecule has 0 aromatic carbocycles. The molecule has 96 valence electrons. The van der Waals surface area contributed by atoms with Crippen LogP contribution in [0.4, 0.5) is 0 Å². The van der Waals surface area contributed by atoms with Crippen LogP contribution in [0.2, 0.25) is 0 Å². The molecule has 1 saturated carbocycles. The number of nitrogens with zero attached hydrogens (tertiary/aromatic N) is 2. The third kappa shape index (κ3) is 2.89. The van der Waals surface area contributed by atoms with Crippen LogP contribution in [-0.4, -0.2) is 16.3 Å². The molecule has 3 nitrogen and oxygen atoms in total. The molecule has 1 aromatic heterocycles. The van der Waals surface area contributed by atoms with Crippen LogP contribution in [0.3, 0.4) is 0 Å². The molecule has 3 unspecified atom stereocenters. The first-order valence-electron chi connectivity index (χ1n) is 6.94. The zero-order chi connectivity index (χ0) is 12.3. The van der Waals surface area contributed by atoms with Gasteiger partial charge in [0.1, 0.15) is 0 Å². The third-order valence-electron chi connectivity index (χ3n) is 4.22. The number of rotatable bonds is 4. The summed E-state index contributed by atoms with van der Waals surface area (Å²) in [5, 5.41) is 4.59. The van der Waals surface area contributed by atoms with E-state index in [2.05, 4.69) is 18.1 Å². The Bertz CT molecular complexity index is 345. The lowest BCUT2D eigenvalue weighted by atomic mass is 9.71. The largest absolute Gasteiger partial charge is 0.330 e. The Morgan fingerprint density at radius 2 is 2.29 bits per heavy atom. The summed E-state index contributed by atoms with van der Waals surface area (Å²) < 4.78 is 1.91. The molecule has 0 bridgehead atoms. The highest BCUT2D eigenvalue weighted by atomic mass is 15.2. The minimum Gasteiger partial charge on any atom is -0.330 e. The highest BCUT2D eigenvalue weighted by molar-refractivity contribution is 5.10. The minimum atomic E-state index is 0.589. The van der Waals surface area contributed by atoms with E-state index in [4.69, 9.17) is 5.73 Å². The lowest BCUT2D eigenvalue weighted by Crippen LogP contribution is -2.29. The van der Waals surface area contributed by atoms with E-state index in [1.165, 1.54) is 37.8 Å². The molecule has 1 aromatic rings. The molecule has 1 aliphatic rings. The molecule has 0 aliphatic heterocycles. The molecule has 0 spiro atoms. The molecule has 2 N–H and O–H groups in total. The van der Waals surface area contributed by atoms with E-state index < -0.39 is 0 Å². The van der Waals surface area contributed by atoms with Gasteiger partial charge in [-0.1, -0.05) is 26.2 Å². The normalized spacial score (nSPS) is 29.5. The fourth-order valence-corrected chi connectivity index (χ4v) is 3.27. The van der Waals surface area contributed by atoms with Gasteiger partial charge >= 0.3 is 0 Å². The van der Waals surface area contributed by atoms with Crippen LogP contribution >= 0.6 is 0 Å². The zero-order valence-electron chi connectivity index (χ0n) is 11.1. The maximum absolute atomic E-state index is 5.92. The molecule has 17 heavy (non-hydrogen) atoms. The van der Waals surface area contributed by atoms with Crippen molar-refractivity contribution in [3.05, 3.63) is 18.0 Å². The van der Waals surface area contributed by atoms with E-state index in [-0.39, 0.29) is 0 Å². The second-order valence-electron chi connectivity index (χ2n) is 5.48. The van der Waals surface area contributed by atoms with Crippen LogP contribution in [0.5, 0.6) is 0 Å². The first kappa shape index (κ1) is 12.6. The topological polar surface area (TPSA) is 43.8 Å². The second-order valence-corrected chi connectivity index (χ2v) is 5.48. The van der Waals surface area contributed by atoms with Gasteiger partial charge in [-0.05, 0) is 37.3 Å². The summed E-state index contributed by atoms with van der Waals surface area (Å²) in [6.07, 6.45) is 8.63. The number of aromatic nitrogens is 2. The van der Waals surface area contributed by atoms with E-state index in [0.29, 0.717) is 11.8 Å². The standard InChI is InChI=1S/C14H25N3/c1-3-4-11-5-6-12(10-15)13(9-11)14-7-8-17(2)16-14/h7-8,11-13H,3-6,9-10,15H2,1-2H3. The van der Waals surface area contributed by atoms with Gasteiger partial charge in [-0.2, -0.15) is 5.10 Å². The van der Waals surface area contributed by atoms with Crippen LogP contribution in [0.25, 0.3) is 0 Å². The Labute approximate surface area is 104 Å². The van der Waals surface area contributed by atoms with Crippen LogP contribution in [0.15, 0.2) is 12.3 Å². The van der Waals surface area contributed by atoms with Crippen molar-refractivity contribution in [2.24, 2.45) is 24.6 Å². The molecule has 1 fully saturated rings. The molecule has 2 rings (SSSR count). The summed E-state index contributed by atoms with van der Waals surface area (Å²) >= 11 is 0. The van der Waals surface area contributed by atoms with E-state index in [1.54, 1.807) is 0 Å². The highest BCUT2D eigenvalue weighted by Gasteiger charge is 2.31. The zero-order valence-corrected chi connectivity index (χ0v) is 11.1. The molecular formula is C14H25N3. The van der Waals surface area contributed by atoms with Crippen LogP contribution < -0.4 is 5.73 Å². The number of hydrogen-bond donors (Lipinski definition) is 1. The number of hydrogen-bond acceptors (Lipinski definition) is 2. The summed E-state index contributed by atoms with van der Waals surface area (Å²) in [7, 11) is 1.99. The molecule has 3 heteroatoms. The molecule has 0 amide bonds. The summed E-state index contributed by atoms with van der Waals surface area (Å²) in [6, 6.07) is 2.17. The van der Waals surface area contributed by atoms with Crippen molar-refractivity contribution >= 4 is 0 Å². The van der Waals surface area contributed by atoms with Crippen molar-refractivity contribution in [1.29, 1.82) is 0 Å². The Kier molecular flexibility index (Phi) is 4.21. The van der Waals surface area contributed by atoms with Gasteiger partial charge in [0, 0.05) is 19.2 Å². The number of aryl methyl sites for hydroxylation is 1. The van der Waals surface area contributed by atoms with Gasteiger partial charge in [0.15, 0.2) is 0 Å². The minimum absolute atomic E-state index is 0.589. The quantitative estimate of drug-likeness (QED) is 0.872. The lowest BCUT2D eigenvalue weighted by molar-refractivity contribution is 0.226. The Hall–Kier alpha value is -0.830. The molecular weight excluding hydrogens is 210 g/mol. The maximum atomic E-state index is 5.92. The number of nitrogens with two attached hydrogens (primary N) is 1. The SMILES string of the molecule is CCCC1CCC(CN)C(c2ccn(C)n2)C1. The molecule has 0 saturated heterocycles. The van der Waals surface area contributed by atoms with E-state index in [1.807, 2.05) is 17.9 Å². The van der Waals surface area contributed by atoms with Gasteiger partial charge < -0.3 is 5.73 Å². The monoisotopic (exact) mass is 235 g/mol. The van der Waals surface area contributed by atoms with Gasteiger partial charge in [0.2, 0.25) is 0 Å². The van der Waals surface area contributed by atoms with Gasteiger partial charge in [-0.3, -0.25) is 4.68 Å². The summed E-state index contributed by atoms with van der Waals surface area (Å²) in [4.78, 5) is 0. The molecule has 3 atom stereocenters. The van der Waals surface area contributed by atoms with Crippen molar-refractivity contribution in [2.75, 3.05) is 6.54 Å². The summed E-state index contributed by atoms with van der Waals surface area (Å²) in [5.41, 5.74) is 7.18. The van der Waals surface area contributed by atoms with E-state index >= 15 is 0 Å². The highest BCUT2D eigenvalue weighted by Crippen LogP contribution is 2.41. The summed E-state index contributed by atoms with van der Waals surface area (Å²) in [5.74, 6) is 2.11. The average Bonchev–Trinajstić information content (AvgIpc) is 2.76. The van der Waals surface area contributed by atoms with Gasteiger partial charge in [0.25, 0.3) is 0 Å². The Balaban J connectivity index is 2.09. The summed E-state index contributed by atoms with van der Waals surface area (Å²) in [6.45, 7) is 3.09. The van der Waals surface area contributed by atoms with Gasteiger partial charge in [0.05, 0.1) is 5.69 Å². The Morgan fingerprint density at radius 1 is 1.47 bits per heavy atom. The maximum Gasteiger partial charge on any atom is 0.0658 e. The van der Waals surface area contributed by atoms with Gasteiger partial charge in [-0.15, -0.1) is 0 Å². The van der Waals surface area contributed by atoms with Crippen molar-refractivity contribution in [3.63, 3.8) is 0 Å². The first-order valence-corrected chi connectivity index (χ1v) is 6.94. The lowest BCUT2D eigenvalue weighted by Gasteiger charge is -2.34. The van der Waals surface area contributed by atoms with Crippen molar-refractivity contribution in [1.82, 2.24) is 9.78 Å². The van der Waals surface area contributed by atoms with E-state index in [0.717, 1.165) is 12.5 Å². The second kappa shape index (κ2) is 5.67. The smallest absolute Gasteiger partial charge is 0.0658 e. The molecule has 0 radical (unpaired) electrons. The fraction of sp³-hybridized carbons (Fsp3) is 0.786.